The van der Waals surface area contributed by atoms with Gasteiger partial charge in [-0.25, -0.2) is 4.79 Å². The number of amides is 1. The Hall–Kier alpha value is -1.91. The highest BCUT2D eigenvalue weighted by Gasteiger charge is 2.24. The van der Waals surface area contributed by atoms with Gasteiger partial charge in [-0.15, -0.1) is 0 Å². The number of carbonyl (C=O) groups excluding carboxylic acids is 1. The van der Waals surface area contributed by atoms with Gasteiger partial charge in [0.15, 0.2) is 0 Å². The van der Waals surface area contributed by atoms with Gasteiger partial charge >= 0.3 is 6.09 Å². The Morgan fingerprint density at radius 3 is 2.38 bits per heavy atom. The zero-order valence-electron chi connectivity index (χ0n) is 13.0. The minimum atomic E-state index is -0.458. The van der Waals surface area contributed by atoms with Crippen LogP contribution in [-0.2, 0) is 4.74 Å². The Balaban J connectivity index is 1.95. The van der Waals surface area contributed by atoms with Gasteiger partial charge in [0.05, 0.1) is 0 Å². The van der Waals surface area contributed by atoms with Gasteiger partial charge in [-0.3, -0.25) is 0 Å². The highest BCUT2D eigenvalue weighted by Crippen LogP contribution is 2.20. The van der Waals surface area contributed by atoms with E-state index in [4.69, 9.17) is 4.74 Å². The Bertz CT molecular complexity index is 479. The van der Waals surface area contributed by atoms with E-state index in [9.17, 15) is 9.90 Å². The van der Waals surface area contributed by atoms with Crippen LogP contribution < -0.4 is 4.90 Å². The van der Waals surface area contributed by atoms with Crippen LogP contribution in [0.5, 0.6) is 5.75 Å². The fraction of sp³-hybridized carbons (Fsp3) is 0.562. The van der Waals surface area contributed by atoms with E-state index in [0.29, 0.717) is 13.1 Å². The van der Waals surface area contributed by atoms with Crippen molar-refractivity contribution in [3.8, 4) is 5.75 Å². The fourth-order valence-electron chi connectivity index (χ4n) is 2.35. The number of phenolic OH excluding ortho intramolecular Hbond substituents is 1. The minimum absolute atomic E-state index is 0.241. The quantitative estimate of drug-likeness (QED) is 0.865. The molecule has 2 rings (SSSR count). The van der Waals surface area contributed by atoms with Gasteiger partial charge in [-0.1, -0.05) is 0 Å². The summed E-state index contributed by atoms with van der Waals surface area (Å²) >= 11 is 0. The van der Waals surface area contributed by atoms with Crippen molar-refractivity contribution < 1.29 is 14.6 Å². The van der Waals surface area contributed by atoms with Crippen LogP contribution in [0, 0.1) is 0 Å². The van der Waals surface area contributed by atoms with Crippen molar-refractivity contribution in [2.24, 2.45) is 0 Å². The van der Waals surface area contributed by atoms with Crippen molar-refractivity contribution in [3.05, 3.63) is 24.3 Å². The van der Waals surface area contributed by atoms with Crippen LogP contribution in [-0.4, -0.2) is 47.9 Å². The van der Waals surface area contributed by atoms with Crippen LogP contribution in [0.15, 0.2) is 24.3 Å². The molecule has 1 aliphatic heterocycles. The predicted molar refractivity (Wildman–Crippen MR) is 82.7 cm³/mol. The normalized spacial score (nSPS) is 16.5. The second-order valence-electron chi connectivity index (χ2n) is 6.32. The maximum atomic E-state index is 12.1. The average Bonchev–Trinajstić information content (AvgIpc) is 2.63. The third-order valence-electron chi connectivity index (χ3n) is 3.36. The van der Waals surface area contributed by atoms with Gasteiger partial charge in [-0.05, 0) is 51.5 Å². The number of hydrogen-bond acceptors (Lipinski definition) is 4. The number of benzene rings is 1. The van der Waals surface area contributed by atoms with E-state index in [1.165, 1.54) is 0 Å². The summed E-state index contributed by atoms with van der Waals surface area (Å²) in [5.74, 6) is 0.268. The van der Waals surface area contributed by atoms with Gasteiger partial charge in [0, 0.05) is 31.9 Å². The number of rotatable bonds is 1. The maximum absolute atomic E-state index is 12.1. The fourth-order valence-corrected chi connectivity index (χ4v) is 2.35. The molecule has 0 bridgehead atoms. The molecule has 5 nitrogen and oxygen atoms in total. The van der Waals surface area contributed by atoms with E-state index >= 15 is 0 Å². The van der Waals surface area contributed by atoms with Gasteiger partial charge in [0.2, 0.25) is 0 Å². The number of nitrogens with zero attached hydrogens (tertiary/aromatic N) is 2. The number of aromatic hydroxyl groups is 1. The molecule has 0 aliphatic carbocycles. The second-order valence-corrected chi connectivity index (χ2v) is 6.32. The number of anilines is 1. The van der Waals surface area contributed by atoms with Crippen molar-refractivity contribution in [2.45, 2.75) is 32.8 Å². The van der Waals surface area contributed by atoms with Gasteiger partial charge in [-0.2, -0.15) is 0 Å². The van der Waals surface area contributed by atoms with Crippen LogP contribution in [0.3, 0.4) is 0 Å². The highest BCUT2D eigenvalue weighted by molar-refractivity contribution is 5.68. The first-order valence-corrected chi connectivity index (χ1v) is 7.37. The van der Waals surface area contributed by atoms with Gasteiger partial charge in [0.25, 0.3) is 0 Å². The summed E-state index contributed by atoms with van der Waals surface area (Å²) in [5, 5.41) is 9.35. The predicted octanol–water partition coefficient (Wildman–Crippen LogP) is 2.84. The van der Waals surface area contributed by atoms with Gasteiger partial charge < -0.3 is 19.6 Å². The first-order valence-electron chi connectivity index (χ1n) is 7.37. The summed E-state index contributed by atoms with van der Waals surface area (Å²) in [5.41, 5.74) is 0.610. The molecule has 1 fully saturated rings. The zero-order chi connectivity index (χ0) is 15.5. The molecule has 0 spiro atoms. The van der Waals surface area contributed by atoms with Crippen LogP contribution in [0.25, 0.3) is 0 Å². The Kier molecular flexibility index (Phi) is 4.60. The lowest BCUT2D eigenvalue weighted by atomic mass is 10.2. The molecule has 1 heterocycles. The van der Waals surface area contributed by atoms with Crippen molar-refractivity contribution in [2.75, 3.05) is 31.1 Å². The number of carbonyl (C=O) groups is 1. The van der Waals surface area contributed by atoms with E-state index in [-0.39, 0.29) is 11.8 Å². The summed E-state index contributed by atoms with van der Waals surface area (Å²) in [4.78, 5) is 16.1. The molecular weight excluding hydrogens is 268 g/mol. The molecule has 1 aromatic carbocycles. The topological polar surface area (TPSA) is 53.0 Å². The number of hydrogen-bond donors (Lipinski definition) is 1. The molecule has 0 aromatic heterocycles. The Labute approximate surface area is 126 Å². The van der Waals surface area contributed by atoms with Gasteiger partial charge in [0.1, 0.15) is 11.4 Å². The van der Waals surface area contributed by atoms with Crippen molar-refractivity contribution in [1.29, 1.82) is 0 Å². The molecule has 0 atom stereocenters. The molecule has 5 heteroatoms. The molecule has 21 heavy (non-hydrogen) atoms. The molecule has 1 aliphatic rings. The lowest BCUT2D eigenvalue weighted by Gasteiger charge is -2.27. The van der Waals surface area contributed by atoms with Crippen molar-refractivity contribution in [1.82, 2.24) is 4.90 Å². The molecule has 1 aromatic rings. The molecule has 0 unspecified atom stereocenters. The Morgan fingerprint density at radius 1 is 1.10 bits per heavy atom. The van der Waals surface area contributed by atoms with Crippen molar-refractivity contribution >= 4 is 11.8 Å². The van der Waals surface area contributed by atoms with Crippen LogP contribution in [0.2, 0.25) is 0 Å². The summed E-state index contributed by atoms with van der Waals surface area (Å²) in [6, 6.07) is 7.18. The van der Waals surface area contributed by atoms with E-state index in [0.717, 1.165) is 25.2 Å². The summed E-state index contributed by atoms with van der Waals surface area (Å²) < 4.78 is 5.42. The summed E-state index contributed by atoms with van der Waals surface area (Å²) in [6.07, 6.45) is 0.662. The van der Waals surface area contributed by atoms with E-state index in [1.807, 2.05) is 32.9 Å². The lowest BCUT2D eigenvalue weighted by Crippen LogP contribution is -2.39. The zero-order valence-corrected chi connectivity index (χ0v) is 13.0. The first kappa shape index (κ1) is 15.5. The van der Waals surface area contributed by atoms with Crippen LogP contribution >= 0.6 is 0 Å². The number of ether oxygens (including phenoxy) is 1. The van der Waals surface area contributed by atoms with Crippen LogP contribution in [0.1, 0.15) is 27.2 Å². The standard InChI is InChI=1S/C16H24N2O3/c1-16(2,3)21-15(20)18-10-4-9-17(11-12-18)13-5-7-14(19)8-6-13/h5-8,19H,4,9-12H2,1-3H3. The molecule has 1 amide bonds. The largest absolute Gasteiger partial charge is 0.508 e. The SMILES string of the molecule is CC(C)(C)OC(=O)N1CCCN(c2ccc(O)cc2)CC1. The van der Waals surface area contributed by atoms with E-state index in [2.05, 4.69) is 4.90 Å². The summed E-state index contributed by atoms with van der Waals surface area (Å²) in [7, 11) is 0. The van der Waals surface area contributed by atoms with Crippen molar-refractivity contribution in [3.63, 3.8) is 0 Å². The molecule has 1 saturated heterocycles. The molecule has 0 radical (unpaired) electrons. The molecule has 116 valence electrons. The minimum Gasteiger partial charge on any atom is -0.508 e. The smallest absolute Gasteiger partial charge is 0.410 e. The number of phenols is 1. The molecule has 1 N–H and O–H groups in total. The monoisotopic (exact) mass is 292 g/mol. The van der Waals surface area contributed by atoms with Crippen LogP contribution in [0.4, 0.5) is 10.5 Å². The third kappa shape index (κ3) is 4.55. The first-order chi connectivity index (χ1) is 9.85. The third-order valence-corrected chi connectivity index (χ3v) is 3.36. The highest BCUT2D eigenvalue weighted by atomic mass is 16.6. The maximum Gasteiger partial charge on any atom is 0.410 e. The van der Waals surface area contributed by atoms with E-state index in [1.54, 1.807) is 17.0 Å². The molecular formula is C16H24N2O3. The second kappa shape index (κ2) is 6.24. The van der Waals surface area contributed by atoms with E-state index < -0.39 is 5.60 Å². The summed E-state index contributed by atoms with van der Waals surface area (Å²) in [6.45, 7) is 8.66. The average molecular weight is 292 g/mol. The Morgan fingerprint density at radius 2 is 1.76 bits per heavy atom. The lowest BCUT2D eigenvalue weighted by molar-refractivity contribution is 0.0263. The molecule has 0 saturated carbocycles.